The van der Waals surface area contributed by atoms with E-state index in [1.54, 1.807) is 6.07 Å². The van der Waals surface area contributed by atoms with E-state index in [4.69, 9.17) is 5.73 Å². The summed E-state index contributed by atoms with van der Waals surface area (Å²) in [4.78, 5) is 2.24. The molecule has 0 amide bonds. The highest BCUT2D eigenvalue weighted by atomic mass is 16.3. The van der Waals surface area contributed by atoms with Gasteiger partial charge in [-0.1, -0.05) is 6.07 Å². The van der Waals surface area contributed by atoms with Gasteiger partial charge in [0.2, 0.25) is 0 Å². The molecule has 4 atom stereocenters. The number of hydrogen-bond acceptors (Lipinski definition) is 5. The van der Waals surface area contributed by atoms with Crippen LogP contribution in [0.25, 0.3) is 0 Å². The smallest absolute Gasteiger partial charge is 0.161 e. The van der Waals surface area contributed by atoms with Gasteiger partial charge in [0.1, 0.15) is 0 Å². The molecule has 22 heavy (non-hydrogen) atoms. The van der Waals surface area contributed by atoms with Crippen LogP contribution >= 0.6 is 0 Å². The number of aliphatic hydroxyl groups is 1. The van der Waals surface area contributed by atoms with Gasteiger partial charge in [-0.3, -0.25) is 0 Å². The highest BCUT2D eigenvalue weighted by Gasteiger charge is 2.64. The molecule has 1 saturated heterocycles. The van der Waals surface area contributed by atoms with Crippen LogP contribution in [0, 0.1) is 0 Å². The molecule has 5 N–H and O–H groups in total. The third kappa shape index (κ3) is 1.54. The van der Waals surface area contributed by atoms with Crippen molar-refractivity contribution < 1.29 is 15.3 Å². The number of likely N-dealkylation sites (N-methyl/N-ethyl adjacent to an activating group) is 1. The van der Waals surface area contributed by atoms with Crippen LogP contribution in [0.3, 0.4) is 0 Å². The molecule has 1 aromatic rings. The maximum absolute atomic E-state index is 11.6. The van der Waals surface area contributed by atoms with Crippen molar-refractivity contribution in [1.82, 2.24) is 4.90 Å². The predicted octanol–water partition coefficient (Wildman–Crippen LogP) is 0.838. The molecule has 4 rings (SSSR count). The number of nitrogens with zero attached hydrogens (tertiary/aromatic N) is 1. The van der Waals surface area contributed by atoms with Gasteiger partial charge < -0.3 is 26.0 Å². The molecule has 0 radical (unpaired) electrons. The van der Waals surface area contributed by atoms with E-state index >= 15 is 0 Å². The summed E-state index contributed by atoms with van der Waals surface area (Å²) < 4.78 is 0. The maximum Gasteiger partial charge on any atom is 0.161 e. The van der Waals surface area contributed by atoms with Crippen molar-refractivity contribution >= 4 is 0 Å². The molecule has 0 aromatic heterocycles. The zero-order chi connectivity index (χ0) is 15.7. The summed E-state index contributed by atoms with van der Waals surface area (Å²) in [5.74, 6) is -0.167. The maximum atomic E-state index is 11.6. The first-order valence-electron chi connectivity index (χ1n) is 8.11. The van der Waals surface area contributed by atoms with Crippen LogP contribution in [-0.4, -0.2) is 51.5 Å². The summed E-state index contributed by atoms with van der Waals surface area (Å²) in [6, 6.07) is 3.51. The number of rotatable bonds is 0. The Bertz CT molecular complexity index is 635. The Kier molecular flexibility index (Phi) is 2.84. The molecule has 1 heterocycles. The van der Waals surface area contributed by atoms with Crippen LogP contribution < -0.4 is 5.73 Å². The molecule has 3 unspecified atom stereocenters. The van der Waals surface area contributed by atoms with Crippen LogP contribution in [-0.2, 0) is 11.8 Å². The number of piperidine rings is 1. The van der Waals surface area contributed by atoms with Gasteiger partial charge in [-0.15, -0.1) is 0 Å². The topological polar surface area (TPSA) is 90.0 Å². The Hall–Kier alpha value is -1.30. The van der Waals surface area contributed by atoms with Crippen molar-refractivity contribution in [3.05, 3.63) is 23.3 Å². The Morgan fingerprint density at radius 3 is 2.82 bits per heavy atom. The number of nitrogens with two attached hydrogens (primary N) is 1. The van der Waals surface area contributed by atoms with E-state index in [0.717, 1.165) is 30.5 Å². The monoisotopic (exact) mass is 304 g/mol. The van der Waals surface area contributed by atoms with Gasteiger partial charge in [0.15, 0.2) is 11.5 Å². The van der Waals surface area contributed by atoms with E-state index in [0.29, 0.717) is 19.3 Å². The minimum Gasteiger partial charge on any atom is -0.504 e. The summed E-state index contributed by atoms with van der Waals surface area (Å²) in [5, 5.41) is 32.1. The van der Waals surface area contributed by atoms with Crippen LogP contribution in [0.15, 0.2) is 12.1 Å². The van der Waals surface area contributed by atoms with E-state index < -0.39 is 11.0 Å². The lowest BCUT2D eigenvalue weighted by atomic mass is 9.49. The van der Waals surface area contributed by atoms with E-state index in [9.17, 15) is 15.3 Å². The van der Waals surface area contributed by atoms with Crippen LogP contribution in [0.2, 0.25) is 0 Å². The average Bonchev–Trinajstić information content (AvgIpc) is 2.47. The van der Waals surface area contributed by atoms with Crippen molar-refractivity contribution in [3.8, 4) is 11.5 Å². The number of fused-ring (bicyclic) bond motifs is 1. The molecular formula is C17H24N2O3. The molecule has 5 nitrogen and oxygen atoms in total. The second-order valence-corrected chi connectivity index (χ2v) is 7.43. The van der Waals surface area contributed by atoms with Crippen molar-refractivity contribution in [2.45, 2.75) is 55.2 Å². The largest absolute Gasteiger partial charge is 0.504 e. The molecule has 1 aliphatic heterocycles. The molecule has 1 aromatic carbocycles. The molecule has 3 aliphatic rings. The fourth-order valence-corrected chi connectivity index (χ4v) is 5.37. The zero-order valence-electron chi connectivity index (χ0n) is 12.9. The highest BCUT2D eigenvalue weighted by Crippen LogP contribution is 2.60. The third-order valence-corrected chi connectivity index (χ3v) is 6.44. The lowest BCUT2D eigenvalue weighted by Gasteiger charge is -2.64. The Balaban J connectivity index is 2.00. The Labute approximate surface area is 130 Å². The van der Waals surface area contributed by atoms with E-state index in [-0.39, 0.29) is 23.6 Å². The Morgan fingerprint density at radius 1 is 1.27 bits per heavy atom. The molecule has 2 bridgehead atoms. The second-order valence-electron chi connectivity index (χ2n) is 7.43. The number of likely N-dealkylation sites (tertiary alicyclic amines) is 1. The summed E-state index contributed by atoms with van der Waals surface area (Å²) >= 11 is 0. The molecule has 5 heteroatoms. The number of aromatic hydroxyl groups is 2. The van der Waals surface area contributed by atoms with Crippen molar-refractivity contribution in [2.75, 3.05) is 13.6 Å². The van der Waals surface area contributed by atoms with Gasteiger partial charge in [0.05, 0.1) is 5.60 Å². The summed E-state index contributed by atoms with van der Waals surface area (Å²) in [6.45, 7) is 0.869. The van der Waals surface area contributed by atoms with E-state index in [1.165, 1.54) is 0 Å². The summed E-state index contributed by atoms with van der Waals surface area (Å²) in [7, 11) is 2.06. The summed E-state index contributed by atoms with van der Waals surface area (Å²) in [6.07, 6.45) is 3.58. The molecule has 2 fully saturated rings. The van der Waals surface area contributed by atoms with Crippen LogP contribution in [0.1, 0.15) is 36.8 Å². The van der Waals surface area contributed by atoms with Crippen molar-refractivity contribution in [3.63, 3.8) is 0 Å². The van der Waals surface area contributed by atoms with Crippen LogP contribution in [0.4, 0.5) is 0 Å². The quantitative estimate of drug-likeness (QED) is 0.533. The number of phenols is 2. The first kappa shape index (κ1) is 14.3. The normalized spacial score (nSPS) is 40.9. The minimum absolute atomic E-state index is 0.0250. The SMILES string of the molecule is CN1CCC23CC(N)CC[C@@]2(O)C1Cc1ccc(O)c(O)c13. The highest BCUT2D eigenvalue weighted by molar-refractivity contribution is 5.57. The predicted molar refractivity (Wildman–Crippen MR) is 83.0 cm³/mol. The zero-order valence-corrected chi connectivity index (χ0v) is 12.9. The second kappa shape index (κ2) is 4.37. The van der Waals surface area contributed by atoms with E-state index in [2.05, 4.69) is 11.9 Å². The lowest BCUT2D eigenvalue weighted by molar-refractivity contribution is -0.163. The summed E-state index contributed by atoms with van der Waals surface area (Å²) in [5.41, 5.74) is 6.60. The average molecular weight is 304 g/mol. The first-order chi connectivity index (χ1) is 10.4. The lowest BCUT2D eigenvalue weighted by Crippen LogP contribution is -2.73. The number of hydrogen-bond donors (Lipinski definition) is 4. The van der Waals surface area contributed by atoms with Gasteiger partial charge in [0.25, 0.3) is 0 Å². The fraction of sp³-hybridized carbons (Fsp3) is 0.647. The number of benzene rings is 1. The first-order valence-corrected chi connectivity index (χ1v) is 8.11. The van der Waals surface area contributed by atoms with Gasteiger partial charge in [-0.05, 0) is 57.3 Å². The molecule has 120 valence electrons. The molecular weight excluding hydrogens is 280 g/mol. The molecule has 0 spiro atoms. The standard InChI is InChI=1S/C17H24N2O3/c1-19-7-6-16-9-11(18)4-5-17(16,22)13(19)8-10-2-3-12(20)15(21)14(10)16/h2-3,11,13,20-22H,4-9,18H2,1H3/t11?,13?,16?,17-/m1/s1. The van der Waals surface area contributed by atoms with Gasteiger partial charge in [-0.2, -0.15) is 0 Å². The molecule has 1 saturated carbocycles. The van der Waals surface area contributed by atoms with Gasteiger partial charge in [0, 0.05) is 23.1 Å². The minimum atomic E-state index is -0.881. The fourth-order valence-electron chi connectivity index (χ4n) is 5.37. The third-order valence-electron chi connectivity index (χ3n) is 6.44. The Morgan fingerprint density at radius 2 is 2.05 bits per heavy atom. The van der Waals surface area contributed by atoms with Gasteiger partial charge in [-0.25, -0.2) is 0 Å². The van der Waals surface area contributed by atoms with E-state index in [1.807, 2.05) is 6.07 Å². The van der Waals surface area contributed by atoms with Gasteiger partial charge >= 0.3 is 0 Å². The van der Waals surface area contributed by atoms with Crippen molar-refractivity contribution in [1.29, 1.82) is 0 Å². The van der Waals surface area contributed by atoms with Crippen molar-refractivity contribution in [2.24, 2.45) is 5.73 Å². The molecule has 2 aliphatic carbocycles. The van der Waals surface area contributed by atoms with Crippen LogP contribution in [0.5, 0.6) is 11.5 Å². The number of phenolic OH excluding ortho intramolecular Hbond substituents is 2.